The van der Waals surface area contributed by atoms with Crippen molar-refractivity contribution in [3.63, 3.8) is 0 Å². The number of halogens is 1. The van der Waals surface area contributed by atoms with Crippen molar-refractivity contribution in [2.24, 2.45) is 0 Å². The summed E-state index contributed by atoms with van der Waals surface area (Å²) < 4.78 is 5.58. The zero-order chi connectivity index (χ0) is 12.1. The van der Waals surface area contributed by atoms with Gasteiger partial charge >= 0.3 is 0 Å². The van der Waals surface area contributed by atoms with Crippen molar-refractivity contribution in [3.05, 3.63) is 22.7 Å². The largest absolute Gasteiger partial charge is 0.335 e. The third-order valence-electron chi connectivity index (χ3n) is 2.60. The molecule has 3 heterocycles. The minimum absolute atomic E-state index is 0.376. The lowest BCUT2D eigenvalue weighted by Gasteiger charge is -2.20. The van der Waals surface area contributed by atoms with E-state index >= 15 is 0 Å². The number of anilines is 4. The summed E-state index contributed by atoms with van der Waals surface area (Å²) in [4.78, 5) is 8.57. The molecule has 7 nitrogen and oxygen atoms in total. The molecular weight excluding hydrogens is 300 g/mol. The molecule has 2 aromatic heterocycles. The molecule has 0 radical (unpaired) electrons. The first-order valence-electron chi connectivity index (χ1n) is 5.13. The van der Waals surface area contributed by atoms with Crippen LogP contribution in [0.25, 0.3) is 11.3 Å². The van der Waals surface area contributed by atoms with Gasteiger partial charge in [-0.25, -0.2) is 14.6 Å². The average molecular weight is 305 g/mol. The van der Waals surface area contributed by atoms with Crippen LogP contribution in [-0.4, -0.2) is 20.3 Å². The minimum Gasteiger partial charge on any atom is -0.335 e. The van der Waals surface area contributed by atoms with E-state index in [0.29, 0.717) is 22.9 Å². The Labute approximate surface area is 109 Å². The Morgan fingerprint density at radius 3 is 2.33 bits per heavy atom. The van der Waals surface area contributed by atoms with E-state index in [9.17, 15) is 0 Å². The molecule has 0 unspecified atom stereocenters. The molecule has 0 spiro atoms. The number of benzene rings is 1. The smallest absolute Gasteiger partial charge is 0.245 e. The highest BCUT2D eigenvalue weighted by molar-refractivity contribution is 9.10. The molecule has 0 bridgehead atoms. The SMILES string of the molecule is Brc1ccc2c(c1)Nc1nc3nonc3nc1N2. The first-order valence-corrected chi connectivity index (χ1v) is 5.93. The van der Waals surface area contributed by atoms with E-state index in [1.165, 1.54) is 0 Å². The highest BCUT2D eigenvalue weighted by Crippen LogP contribution is 2.37. The number of rotatable bonds is 0. The molecule has 4 rings (SSSR count). The van der Waals surface area contributed by atoms with Crippen molar-refractivity contribution in [3.8, 4) is 0 Å². The molecule has 0 saturated carbocycles. The lowest BCUT2D eigenvalue weighted by Crippen LogP contribution is -2.09. The Kier molecular flexibility index (Phi) is 1.84. The van der Waals surface area contributed by atoms with Crippen molar-refractivity contribution >= 4 is 50.2 Å². The van der Waals surface area contributed by atoms with Crippen molar-refractivity contribution in [2.75, 3.05) is 10.6 Å². The van der Waals surface area contributed by atoms with Gasteiger partial charge in [0.15, 0.2) is 11.6 Å². The fourth-order valence-corrected chi connectivity index (χ4v) is 2.16. The predicted molar refractivity (Wildman–Crippen MR) is 68.1 cm³/mol. The van der Waals surface area contributed by atoms with Crippen LogP contribution in [0.15, 0.2) is 27.3 Å². The summed E-state index contributed by atoms with van der Waals surface area (Å²) in [5, 5.41) is 13.7. The van der Waals surface area contributed by atoms with Crippen molar-refractivity contribution in [1.82, 2.24) is 20.3 Å². The van der Waals surface area contributed by atoms with Crippen LogP contribution in [0.5, 0.6) is 0 Å². The Morgan fingerprint density at radius 2 is 1.61 bits per heavy atom. The molecule has 1 aromatic carbocycles. The summed E-state index contributed by atoms with van der Waals surface area (Å²) in [5.41, 5.74) is 2.60. The van der Waals surface area contributed by atoms with Crippen LogP contribution < -0.4 is 10.6 Å². The number of fused-ring (bicyclic) bond motifs is 3. The molecule has 2 N–H and O–H groups in total. The van der Waals surface area contributed by atoms with Crippen LogP contribution in [-0.2, 0) is 0 Å². The fraction of sp³-hybridized carbons (Fsp3) is 0. The van der Waals surface area contributed by atoms with E-state index in [-0.39, 0.29) is 0 Å². The highest BCUT2D eigenvalue weighted by atomic mass is 79.9. The third-order valence-corrected chi connectivity index (χ3v) is 3.10. The maximum absolute atomic E-state index is 4.59. The molecule has 1 aliphatic heterocycles. The first kappa shape index (κ1) is 9.77. The van der Waals surface area contributed by atoms with E-state index in [0.717, 1.165) is 15.8 Å². The monoisotopic (exact) mass is 304 g/mol. The van der Waals surface area contributed by atoms with E-state index in [1.54, 1.807) is 0 Å². The van der Waals surface area contributed by atoms with Gasteiger partial charge in [-0.05, 0) is 28.5 Å². The Bertz CT molecular complexity index is 770. The van der Waals surface area contributed by atoms with Gasteiger partial charge in [0.05, 0.1) is 11.4 Å². The van der Waals surface area contributed by atoms with Gasteiger partial charge in [0.1, 0.15) is 0 Å². The minimum atomic E-state index is 0.376. The normalized spacial score (nSPS) is 12.5. The van der Waals surface area contributed by atoms with Crippen LogP contribution >= 0.6 is 15.9 Å². The summed E-state index contributed by atoms with van der Waals surface area (Å²) >= 11 is 3.42. The molecule has 88 valence electrons. The Balaban J connectivity index is 1.90. The zero-order valence-electron chi connectivity index (χ0n) is 8.81. The van der Waals surface area contributed by atoms with Gasteiger partial charge in [-0.1, -0.05) is 15.9 Å². The number of hydrogen-bond donors (Lipinski definition) is 2. The highest BCUT2D eigenvalue weighted by Gasteiger charge is 2.19. The number of aromatic nitrogens is 4. The molecule has 3 aromatic rings. The number of nitrogens with one attached hydrogen (secondary N) is 2. The standard InChI is InChI=1S/C10H5BrN6O/c11-4-1-2-5-6(3-4)13-8-7(12-5)14-9-10(15-8)17-18-16-9/h1-3H,(H,12,14,16)(H,13,15,17). The summed E-state index contributed by atoms with van der Waals surface area (Å²) in [6.07, 6.45) is 0. The van der Waals surface area contributed by atoms with Crippen LogP contribution in [0.2, 0.25) is 0 Å². The van der Waals surface area contributed by atoms with Gasteiger partial charge in [-0.15, -0.1) is 0 Å². The summed E-state index contributed by atoms with van der Waals surface area (Å²) in [7, 11) is 0. The summed E-state index contributed by atoms with van der Waals surface area (Å²) in [6, 6.07) is 5.85. The topological polar surface area (TPSA) is 88.8 Å². The molecule has 1 aliphatic rings. The summed E-state index contributed by atoms with van der Waals surface area (Å²) in [6.45, 7) is 0. The predicted octanol–water partition coefficient (Wildman–Crippen LogP) is 2.58. The maximum atomic E-state index is 4.59. The van der Waals surface area contributed by atoms with Gasteiger partial charge in [0.2, 0.25) is 11.3 Å². The zero-order valence-corrected chi connectivity index (χ0v) is 10.4. The molecule has 0 aliphatic carbocycles. The molecule has 0 fully saturated rings. The average Bonchev–Trinajstić information content (AvgIpc) is 2.80. The van der Waals surface area contributed by atoms with Gasteiger partial charge < -0.3 is 10.6 Å². The second kappa shape index (κ2) is 3.39. The maximum Gasteiger partial charge on any atom is 0.245 e. The van der Waals surface area contributed by atoms with Gasteiger partial charge in [0, 0.05) is 4.47 Å². The molecule has 0 amide bonds. The van der Waals surface area contributed by atoms with Crippen LogP contribution in [0.4, 0.5) is 23.0 Å². The first-order chi connectivity index (χ1) is 8.79. The number of hydrogen-bond acceptors (Lipinski definition) is 7. The number of nitrogens with zero attached hydrogens (tertiary/aromatic N) is 4. The Hall–Kier alpha value is -2.22. The molecule has 8 heteroatoms. The van der Waals surface area contributed by atoms with Crippen molar-refractivity contribution < 1.29 is 4.63 Å². The van der Waals surface area contributed by atoms with E-state index < -0.39 is 0 Å². The van der Waals surface area contributed by atoms with Gasteiger partial charge in [0.25, 0.3) is 0 Å². The molecule has 0 atom stereocenters. The van der Waals surface area contributed by atoms with Crippen LogP contribution in [0.1, 0.15) is 0 Å². The third kappa shape index (κ3) is 1.35. The second-order valence-corrected chi connectivity index (χ2v) is 4.69. The van der Waals surface area contributed by atoms with E-state index in [2.05, 4.69) is 51.5 Å². The van der Waals surface area contributed by atoms with E-state index in [1.807, 2.05) is 18.2 Å². The molecular formula is C10H5BrN6O. The van der Waals surface area contributed by atoms with Crippen molar-refractivity contribution in [1.29, 1.82) is 0 Å². The molecule has 0 saturated heterocycles. The fourth-order valence-electron chi connectivity index (χ4n) is 1.80. The van der Waals surface area contributed by atoms with Crippen LogP contribution in [0.3, 0.4) is 0 Å². The van der Waals surface area contributed by atoms with Gasteiger partial charge in [-0.3, -0.25) is 0 Å². The second-order valence-electron chi connectivity index (χ2n) is 3.77. The quantitative estimate of drug-likeness (QED) is 0.516. The van der Waals surface area contributed by atoms with Crippen LogP contribution in [0, 0.1) is 0 Å². The lowest BCUT2D eigenvalue weighted by atomic mass is 10.2. The Morgan fingerprint density at radius 1 is 0.944 bits per heavy atom. The lowest BCUT2D eigenvalue weighted by molar-refractivity contribution is 0.314. The van der Waals surface area contributed by atoms with Crippen molar-refractivity contribution in [2.45, 2.75) is 0 Å². The molecule has 18 heavy (non-hydrogen) atoms. The van der Waals surface area contributed by atoms with E-state index in [4.69, 9.17) is 0 Å². The van der Waals surface area contributed by atoms with Gasteiger partial charge in [-0.2, -0.15) is 0 Å². The summed E-state index contributed by atoms with van der Waals surface area (Å²) in [5.74, 6) is 1.21.